The van der Waals surface area contributed by atoms with Crippen molar-refractivity contribution in [1.82, 2.24) is 10.2 Å². The molecule has 0 bridgehead atoms. The Labute approximate surface area is 162 Å². The summed E-state index contributed by atoms with van der Waals surface area (Å²) in [5.74, 6) is -0.492. The molecule has 1 heterocycles. The standard InChI is InChI=1S/C21H32N2O4/c1-6-26-19(24)17-12-13-23(20(25)27-21(3,4)5)14-18(17)22-15(2)16-10-8-7-9-11-16/h7-11,15,17-18,22H,6,12-14H2,1-5H3/t15-,17+,18+/m0/s1. The number of rotatable bonds is 5. The number of amides is 1. The van der Waals surface area contributed by atoms with E-state index in [9.17, 15) is 9.59 Å². The molecule has 6 heteroatoms. The lowest BCUT2D eigenvalue weighted by molar-refractivity contribution is -0.151. The number of hydrogen-bond donors (Lipinski definition) is 1. The molecule has 1 saturated heterocycles. The van der Waals surface area contributed by atoms with Crippen molar-refractivity contribution >= 4 is 12.1 Å². The van der Waals surface area contributed by atoms with Crippen molar-refractivity contribution in [3.8, 4) is 0 Å². The molecule has 1 aromatic rings. The molecule has 27 heavy (non-hydrogen) atoms. The van der Waals surface area contributed by atoms with Crippen LogP contribution in [-0.4, -0.2) is 48.3 Å². The van der Waals surface area contributed by atoms with E-state index in [4.69, 9.17) is 9.47 Å². The number of likely N-dealkylation sites (tertiary alicyclic amines) is 1. The first-order chi connectivity index (χ1) is 12.7. The molecular formula is C21H32N2O4. The molecule has 0 aromatic heterocycles. The first kappa shape index (κ1) is 21.2. The Morgan fingerprint density at radius 3 is 2.52 bits per heavy atom. The van der Waals surface area contributed by atoms with Crippen LogP contribution in [0.5, 0.6) is 0 Å². The first-order valence-electron chi connectivity index (χ1n) is 9.67. The first-order valence-corrected chi connectivity index (χ1v) is 9.67. The van der Waals surface area contributed by atoms with Crippen molar-refractivity contribution in [3.63, 3.8) is 0 Å². The summed E-state index contributed by atoms with van der Waals surface area (Å²) in [5.41, 5.74) is 0.587. The van der Waals surface area contributed by atoms with Gasteiger partial charge in [-0.1, -0.05) is 30.3 Å². The van der Waals surface area contributed by atoms with Gasteiger partial charge in [0.2, 0.25) is 0 Å². The van der Waals surface area contributed by atoms with Crippen molar-refractivity contribution in [2.75, 3.05) is 19.7 Å². The summed E-state index contributed by atoms with van der Waals surface area (Å²) in [4.78, 5) is 26.6. The lowest BCUT2D eigenvalue weighted by Gasteiger charge is -2.39. The SMILES string of the molecule is CCOC(=O)[C@@H]1CCN(C(=O)OC(C)(C)C)C[C@H]1N[C@@H](C)c1ccccc1. The normalized spacial score (nSPS) is 21.4. The molecule has 1 fully saturated rings. The van der Waals surface area contributed by atoms with E-state index in [2.05, 4.69) is 12.2 Å². The fourth-order valence-electron chi connectivity index (χ4n) is 3.30. The maximum atomic E-state index is 12.5. The van der Waals surface area contributed by atoms with Crippen LogP contribution in [0.4, 0.5) is 4.79 Å². The third kappa shape index (κ3) is 6.24. The van der Waals surface area contributed by atoms with Crippen LogP contribution < -0.4 is 5.32 Å². The van der Waals surface area contributed by atoms with E-state index in [1.807, 2.05) is 58.0 Å². The number of esters is 1. The fraction of sp³-hybridized carbons (Fsp3) is 0.619. The zero-order valence-corrected chi connectivity index (χ0v) is 17.0. The molecule has 0 unspecified atom stereocenters. The Morgan fingerprint density at radius 2 is 1.93 bits per heavy atom. The molecule has 6 nitrogen and oxygen atoms in total. The summed E-state index contributed by atoms with van der Waals surface area (Å²) >= 11 is 0. The summed E-state index contributed by atoms with van der Waals surface area (Å²) in [6, 6.07) is 9.90. The molecule has 1 amide bonds. The van der Waals surface area contributed by atoms with Crippen molar-refractivity contribution in [3.05, 3.63) is 35.9 Å². The molecular weight excluding hydrogens is 344 g/mol. The van der Waals surface area contributed by atoms with Crippen molar-refractivity contribution in [2.45, 2.75) is 58.7 Å². The van der Waals surface area contributed by atoms with Gasteiger partial charge in [-0.2, -0.15) is 0 Å². The number of nitrogens with one attached hydrogen (secondary N) is 1. The summed E-state index contributed by atoms with van der Waals surface area (Å²) in [6.45, 7) is 10.7. The predicted octanol–water partition coefficient (Wildman–Crippen LogP) is 3.53. The molecule has 0 aliphatic carbocycles. The number of hydrogen-bond acceptors (Lipinski definition) is 5. The van der Waals surface area contributed by atoms with Gasteiger partial charge < -0.3 is 19.7 Å². The van der Waals surface area contributed by atoms with Crippen LogP contribution in [-0.2, 0) is 14.3 Å². The van der Waals surface area contributed by atoms with E-state index in [0.29, 0.717) is 26.1 Å². The zero-order chi connectivity index (χ0) is 20.0. The monoisotopic (exact) mass is 376 g/mol. The number of ether oxygens (including phenoxy) is 2. The van der Waals surface area contributed by atoms with Gasteiger partial charge in [-0.3, -0.25) is 4.79 Å². The molecule has 1 N–H and O–H groups in total. The lowest BCUT2D eigenvalue weighted by Crippen LogP contribution is -2.56. The van der Waals surface area contributed by atoms with E-state index in [-0.39, 0.29) is 30.1 Å². The van der Waals surface area contributed by atoms with E-state index in [0.717, 1.165) is 5.56 Å². The average Bonchev–Trinajstić information content (AvgIpc) is 2.61. The zero-order valence-electron chi connectivity index (χ0n) is 17.0. The van der Waals surface area contributed by atoms with E-state index >= 15 is 0 Å². The minimum Gasteiger partial charge on any atom is -0.466 e. The maximum Gasteiger partial charge on any atom is 0.410 e. The molecule has 3 atom stereocenters. The number of carbonyl (C=O) groups is 2. The van der Waals surface area contributed by atoms with Gasteiger partial charge in [-0.15, -0.1) is 0 Å². The summed E-state index contributed by atoms with van der Waals surface area (Å²) in [6.07, 6.45) is 0.209. The van der Waals surface area contributed by atoms with Crippen LogP contribution in [0.2, 0.25) is 0 Å². The second-order valence-corrected chi connectivity index (χ2v) is 7.98. The van der Waals surface area contributed by atoms with Crippen molar-refractivity contribution in [1.29, 1.82) is 0 Å². The third-order valence-electron chi connectivity index (χ3n) is 4.62. The van der Waals surface area contributed by atoms with E-state index in [1.54, 1.807) is 4.90 Å². The summed E-state index contributed by atoms with van der Waals surface area (Å²) in [7, 11) is 0. The van der Waals surface area contributed by atoms with Crippen LogP contribution in [0.1, 0.15) is 52.6 Å². The van der Waals surface area contributed by atoms with Gasteiger partial charge in [0, 0.05) is 25.2 Å². The molecule has 1 aliphatic heterocycles. The van der Waals surface area contributed by atoms with Crippen molar-refractivity contribution in [2.24, 2.45) is 5.92 Å². The molecule has 1 aliphatic rings. The average molecular weight is 376 g/mol. The fourth-order valence-corrected chi connectivity index (χ4v) is 3.30. The second-order valence-electron chi connectivity index (χ2n) is 7.98. The van der Waals surface area contributed by atoms with Crippen LogP contribution in [0.15, 0.2) is 30.3 Å². The van der Waals surface area contributed by atoms with Gasteiger partial charge in [0.1, 0.15) is 5.60 Å². The number of piperidine rings is 1. The Hall–Kier alpha value is -2.08. The summed E-state index contributed by atoms with van der Waals surface area (Å²) in [5, 5.41) is 3.52. The smallest absolute Gasteiger partial charge is 0.410 e. The highest BCUT2D eigenvalue weighted by Gasteiger charge is 2.38. The molecule has 2 rings (SSSR count). The highest BCUT2D eigenvalue weighted by atomic mass is 16.6. The quantitative estimate of drug-likeness (QED) is 0.797. The van der Waals surface area contributed by atoms with Gasteiger partial charge in [0.15, 0.2) is 0 Å². The Morgan fingerprint density at radius 1 is 1.26 bits per heavy atom. The topological polar surface area (TPSA) is 67.9 Å². The molecule has 0 saturated carbocycles. The van der Waals surface area contributed by atoms with E-state index < -0.39 is 5.60 Å². The van der Waals surface area contributed by atoms with Crippen LogP contribution >= 0.6 is 0 Å². The third-order valence-corrected chi connectivity index (χ3v) is 4.62. The van der Waals surface area contributed by atoms with Crippen LogP contribution in [0.3, 0.4) is 0 Å². The van der Waals surface area contributed by atoms with Crippen LogP contribution in [0, 0.1) is 5.92 Å². The second kappa shape index (κ2) is 9.22. The molecule has 0 spiro atoms. The molecule has 150 valence electrons. The molecule has 1 aromatic carbocycles. The van der Waals surface area contributed by atoms with E-state index in [1.165, 1.54) is 0 Å². The number of nitrogens with zero attached hydrogens (tertiary/aromatic N) is 1. The van der Waals surface area contributed by atoms with Gasteiger partial charge in [0.05, 0.1) is 12.5 Å². The Bertz CT molecular complexity index is 627. The lowest BCUT2D eigenvalue weighted by atomic mass is 9.90. The van der Waals surface area contributed by atoms with Gasteiger partial charge in [-0.25, -0.2) is 4.79 Å². The highest BCUT2D eigenvalue weighted by Crippen LogP contribution is 2.24. The van der Waals surface area contributed by atoms with Gasteiger partial charge >= 0.3 is 12.1 Å². The number of benzene rings is 1. The maximum absolute atomic E-state index is 12.5. The Kier molecular flexibility index (Phi) is 7.25. The minimum absolute atomic E-state index is 0.0479. The van der Waals surface area contributed by atoms with Gasteiger partial charge in [0.25, 0.3) is 0 Å². The largest absolute Gasteiger partial charge is 0.466 e. The number of carbonyl (C=O) groups excluding carboxylic acids is 2. The minimum atomic E-state index is -0.546. The van der Waals surface area contributed by atoms with Gasteiger partial charge in [-0.05, 0) is 46.6 Å². The highest BCUT2D eigenvalue weighted by molar-refractivity contribution is 5.74. The summed E-state index contributed by atoms with van der Waals surface area (Å²) < 4.78 is 10.8. The Balaban J connectivity index is 2.12. The molecule has 0 radical (unpaired) electrons. The van der Waals surface area contributed by atoms with Crippen molar-refractivity contribution < 1.29 is 19.1 Å². The predicted molar refractivity (Wildman–Crippen MR) is 104 cm³/mol. The van der Waals surface area contributed by atoms with Crippen LogP contribution in [0.25, 0.3) is 0 Å².